The minimum atomic E-state index is -0.890. The van der Waals surface area contributed by atoms with E-state index in [1.807, 2.05) is 0 Å². The maximum atomic E-state index is 11.6. The Morgan fingerprint density at radius 3 is 2.11 bits per heavy atom. The van der Waals surface area contributed by atoms with E-state index in [1.165, 1.54) is 14.0 Å². The van der Waals surface area contributed by atoms with Gasteiger partial charge >= 0.3 is 12.1 Å². The fourth-order valence-electron chi connectivity index (χ4n) is 1.33. The van der Waals surface area contributed by atoms with Gasteiger partial charge in [-0.25, -0.2) is 9.59 Å². The molecular formula is C13H23NO5. The molecule has 1 amide bonds. The van der Waals surface area contributed by atoms with Gasteiger partial charge in [0.05, 0.1) is 7.11 Å². The van der Waals surface area contributed by atoms with Crippen LogP contribution in [0.5, 0.6) is 0 Å². The molecule has 0 aliphatic rings. The minimum Gasteiger partial charge on any atom is -0.467 e. The summed E-state index contributed by atoms with van der Waals surface area (Å²) in [7, 11) is 1.23. The molecule has 0 radical (unpaired) electrons. The monoisotopic (exact) mass is 273 g/mol. The largest absolute Gasteiger partial charge is 0.467 e. The van der Waals surface area contributed by atoms with Crippen molar-refractivity contribution in [2.24, 2.45) is 5.92 Å². The molecule has 2 atom stereocenters. The third kappa shape index (κ3) is 7.43. The molecular weight excluding hydrogens is 250 g/mol. The van der Waals surface area contributed by atoms with Crippen LogP contribution in [0.25, 0.3) is 0 Å². The van der Waals surface area contributed by atoms with Crippen molar-refractivity contribution in [2.75, 3.05) is 7.11 Å². The molecule has 0 saturated carbocycles. The fourth-order valence-corrected chi connectivity index (χ4v) is 1.33. The predicted molar refractivity (Wildman–Crippen MR) is 69.6 cm³/mol. The SMILES string of the molecule is COC(=O)C(CC(C)C(C)=O)NC(=O)OC(C)(C)C. The molecule has 0 spiro atoms. The standard InChI is InChI=1S/C13H23NO5/c1-8(9(2)15)7-10(11(16)18-6)14-12(17)19-13(3,4)5/h8,10H,7H2,1-6H3,(H,14,17). The maximum absolute atomic E-state index is 11.6. The predicted octanol–water partition coefficient (Wildman–Crippen LogP) is 1.67. The van der Waals surface area contributed by atoms with E-state index >= 15 is 0 Å². The molecule has 1 N–H and O–H groups in total. The van der Waals surface area contributed by atoms with Crippen molar-refractivity contribution < 1.29 is 23.9 Å². The lowest BCUT2D eigenvalue weighted by Crippen LogP contribution is -2.45. The second-order valence-electron chi connectivity index (χ2n) is 5.47. The number of ketones is 1. The molecule has 19 heavy (non-hydrogen) atoms. The van der Waals surface area contributed by atoms with E-state index in [2.05, 4.69) is 10.1 Å². The Bertz CT molecular complexity index is 345. The van der Waals surface area contributed by atoms with E-state index in [9.17, 15) is 14.4 Å². The molecule has 2 unspecified atom stereocenters. The van der Waals surface area contributed by atoms with Crippen LogP contribution < -0.4 is 5.32 Å². The Balaban J connectivity index is 4.65. The summed E-state index contributed by atoms with van der Waals surface area (Å²) in [6, 6.07) is -0.890. The van der Waals surface area contributed by atoms with Crippen molar-refractivity contribution >= 4 is 17.8 Å². The molecule has 0 fully saturated rings. The van der Waals surface area contributed by atoms with Gasteiger partial charge < -0.3 is 14.8 Å². The van der Waals surface area contributed by atoms with Crippen molar-refractivity contribution in [3.63, 3.8) is 0 Å². The Morgan fingerprint density at radius 2 is 1.74 bits per heavy atom. The number of amides is 1. The van der Waals surface area contributed by atoms with E-state index in [0.29, 0.717) is 0 Å². The highest BCUT2D eigenvalue weighted by Gasteiger charge is 2.27. The number of methoxy groups -OCH3 is 1. The number of carbonyl (C=O) groups is 3. The van der Waals surface area contributed by atoms with Crippen LogP contribution >= 0.6 is 0 Å². The number of ether oxygens (including phenoxy) is 2. The van der Waals surface area contributed by atoms with Gasteiger partial charge in [-0.15, -0.1) is 0 Å². The molecule has 0 heterocycles. The van der Waals surface area contributed by atoms with Crippen LogP contribution in [-0.4, -0.2) is 36.6 Å². The van der Waals surface area contributed by atoms with Crippen LogP contribution in [0.1, 0.15) is 41.0 Å². The first-order valence-electron chi connectivity index (χ1n) is 6.14. The number of Topliss-reactive ketones (excluding diaryl/α,β-unsaturated/α-hetero) is 1. The third-order valence-electron chi connectivity index (χ3n) is 2.46. The van der Waals surface area contributed by atoms with Gasteiger partial charge in [0.1, 0.15) is 17.4 Å². The van der Waals surface area contributed by atoms with Gasteiger partial charge in [-0.05, 0) is 34.1 Å². The van der Waals surface area contributed by atoms with Crippen molar-refractivity contribution in [3.05, 3.63) is 0 Å². The second-order valence-corrected chi connectivity index (χ2v) is 5.47. The molecule has 0 bridgehead atoms. The summed E-state index contributed by atoms with van der Waals surface area (Å²) in [6.45, 7) is 8.29. The fraction of sp³-hybridized carbons (Fsp3) is 0.769. The number of carbonyl (C=O) groups excluding carboxylic acids is 3. The lowest BCUT2D eigenvalue weighted by Gasteiger charge is -2.23. The van der Waals surface area contributed by atoms with Crippen molar-refractivity contribution in [3.8, 4) is 0 Å². The van der Waals surface area contributed by atoms with Crippen molar-refractivity contribution in [2.45, 2.75) is 52.7 Å². The Labute approximate surface area is 113 Å². The first-order chi connectivity index (χ1) is 8.56. The first-order valence-corrected chi connectivity index (χ1v) is 6.14. The van der Waals surface area contributed by atoms with Crippen molar-refractivity contribution in [1.29, 1.82) is 0 Å². The molecule has 0 aromatic heterocycles. The molecule has 6 heteroatoms. The van der Waals surface area contributed by atoms with Crippen LogP contribution in [0, 0.1) is 5.92 Å². The molecule has 0 aromatic rings. The smallest absolute Gasteiger partial charge is 0.408 e. The van der Waals surface area contributed by atoms with Crippen LogP contribution in [0.2, 0.25) is 0 Å². The number of hydrogen-bond donors (Lipinski definition) is 1. The summed E-state index contributed by atoms with van der Waals surface area (Å²) in [5.74, 6) is -1.00. The average molecular weight is 273 g/mol. The van der Waals surface area contributed by atoms with E-state index in [1.54, 1.807) is 27.7 Å². The zero-order chi connectivity index (χ0) is 15.2. The third-order valence-corrected chi connectivity index (χ3v) is 2.46. The lowest BCUT2D eigenvalue weighted by atomic mass is 9.98. The summed E-state index contributed by atoms with van der Waals surface area (Å²) in [4.78, 5) is 34.4. The number of esters is 1. The van der Waals surface area contributed by atoms with Crippen LogP contribution in [0.4, 0.5) is 4.79 Å². The highest BCUT2D eigenvalue weighted by Crippen LogP contribution is 2.11. The van der Waals surface area contributed by atoms with Gasteiger partial charge in [-0.1, -0.05) is 6.92 Å². The molecule has 0 rings (SSSR count). The van der Waals surface area contributed by atoms with E-state index < -0.39 is 23.7 Å². The van der Waals surface area contributed by atoms with Crippen LogP contribution in [-0.2, 0) is 19.1 Å². The van der Waals surface area contributed by atoms with Crippen molar-refractivity contribution in [1.82, 2.24) is 5.32 Å². The Kier molecular flexibility index (Phi) is 6.52. The molecule has 0 aliphatic carbocycles. The number of rotatable bonds is 5. The number of alkyl carbamates (subject to hydrolysis) is 1. The summed E-state index contributed by atoms with van der Waals surface area (Å²) < 4.78 is 9.67. The summed E-state index contributed by atoms with van der Waals surface area (Å²) in [6.07, 6.45) is -0.528. The maximum Gasteiger partial charge on any atom is 0.408 e. The van der Waals surface area contributed by atoms with Gasteiger partial charge in [0.2, 0.25) is 0 Å². The van der Waals surface area contributed by atoms with E-state index in [0.717, 1.165) is 0 Å². The van der Waals surface area contributed by atoms with Gasteiger partial charge in [0, 0.05) is 5.92 Å². The van der Waals surface area contributed by atoms with Crippen LogP contribution in [0.3, 0.4) is 0 Å². The summed E-state index contributed by atoms with van der Waals surface area (Å²) >= 11 is 0. The molecule has 0 aliphatic heterocycles. The highest BCUT2D eigenvalue weighted by atomic mass is 16.6. The summed E-state index contributed by atoms with van der Waals surface area (Å²) in [5.41, 5.74) is -0.656. The minimum absolute atomic E-state index is 0.0557. The topological polar surface area (TPSA) is 81.7 Å². The van der Waals surface area contributed by atoms with Gasteiger partial charge in [-0.2, -0.15) is 0 Å². The second kappa shape index (κ2) is 7.11. The number of nitrogens with one attached hydrogen (secondary N) is 1. The lowest BCUT2D eigenvalue weighted by molar-refractivity contribution is -0.143. The number of hydrogen-bond acceptors (Lipinski definition) is 5. The highest BCUT2D eigenvalue weighted by molar-refractivity contribution is 5.83. The molecule has 0 saturated heterocycles. The Hall–Kier alpha value is -1.59. The van der Waals surface area contributed by atoms with Gasteiger partial charge in [0.15, 0.2) is 0 Å². The Morgan fingerprint density at radius 1 is 1.21 bits per heavy atom. The van der Waals surface area contributed by atoms with Gasteiger partial charge in [-0.3, -0.25) is 4.79 Å². The average Bonchev–Trinajstić information content (AvgIpc) is 2.24. The molecule has 6 nitrogen and oxygen atoms in total. The normalized spacial score (nSPS) is 14.2. The zero-order valence-electron chi connectivity index (χ0n) is 12.4. The van der Waals surface area contributed by atoms with E-state index in [4.69, 9.17) is 4.74 Å². The summed E-state index contributed by atoms with van der Waals surface area (Å²) in [5, 5.41) is 2.42. The molecule has 110 valence electrons. The molecule has 0 aromatic carbocycles. The first kappa shape index (κ1) is 17.4. The zero-order valence-corrected chi connectivity index (χ0v) is 12.4. The van der Waals surface area contributed by atoms with E-state index in [-0.39, 0.29) is 18.1 Å². The quantitative estimate of drug-likeness (QED) is 0.770. The van der Waals surface area contributed by atoms with Crippen LogP contribution in [0.15, 0.2) is 0 Å². The van der Waals surface area contributed by atoms with Gasteiger partial charge in [0.25, 0.3) is 0 Å².